The monoisotopic (exact) mass is 520 g/mol. The minimum absolute atomic E-state index is 0.104. The summed E-state index contributed by atoms with van der Waals surface area (Å²) in [6.45, 7) is 4.25. The quantitative estimate of drug-likeness (QED) is 0.292. The van der Waals surface area contributed by atoms with E-state index in [1.54, 1.807) is 24.3 Å². The molecule has 4 nitrogen and oxygen atoms in total. The first-order chi connectivity index (χ1) is 16.4. The lowest BCUT2D eigenvalue weighted by atomic mass is 9.81. The van der Waals surface area contributed by atoms with Gasteiger partial charge in [-0.3, -0.25) is 0 Å². The fraction of sp³-hybridized carbons (Fsp3) is 0.143. The predicted octanol–water partition coefficient (Wildman–Crippen LogP) is 4.77. The molecule has 0 aliphatic rings. The van der Waals surface area contributed by atoms with Crippen molar-refractivity contribution in [1.82, 2.24) is 0 Å². The van der Waals surface area contributed by atoms with Crippen LogP contribution in [-0.4, -0.2) is 27.4 Å². The highest BCUT2D eigenvalue weighted by Crippen LogP contribution is 2.25. The van der Waals surface area contributed by atoms with Gasteiger partial charge in [-0.2, -0.15) is 0 Å². The number of aliphatic hydroxyl groups excluding tert-OH is 2. The Morgan fingerprint density at radius 3 is 1.59 bits per heavy atom. The number of benzene rings is 4. The van der Waals surface area contributed by atoms with Gasteiger partial charge in [0.2, 0.25) is 0 Å². The van der Waals surface area contributed by atoms with Crippen LogP contribution >= 0.6 is 15.9 Å². The van der Waals surface area contributed by atoms with Gasteiger partial charge < -0.3 is 20.3 Å². The lowest BCUT2D eigenvalue weighted by molar-refractivity contribution is 0.281. The molecule has 34 heavy (non-hydrogen) atoms. The highest BCUT2D eigenvalue weighted by Gasteiger charge is 2.07. The van der Waals surface area contributed by atoms with E-state index < -0.39 is 7.12 Å². The van der Waals surface area contributed by atoms with E-state index in [4.69, 9.17) is 15.2 Å². The van der Waals surface area contributed by atoms with Gasteiger partial charge in [-0.15, -0.1) is 0 Å². The van der Waals surface area contributed by atoms with Crippen molar-refractivity contribution in [2.24, 2.45) is 0 Å². The molecule has 0 amide bonds. The molecule has 4 aromatic rings. The van der Waals surface area contributed by atoms with Crippen molar-refractivity contribution in [3.05, 3.63) is 124 Å². The maximum atomic E-state index is 9.19. The predicted molar refractivity (Wildman–Crippen MR) is 144 cm³/mol. The van der Waals surface area contributed by atoms with Gasteiger partial charge in [-0.25, -0.2) is 0 Å². The maximum absolute atomic E-state index is 9.19. The average molecular weight is 521 g/mol. The van der Waals surface area contributed by atoms with Gasteiger partial charge >= 0.3 is 7.12 Å². The average Bonchev–Trinajstić information content (AvgIpc) is 2.88. The first-order valence-electron chi connectivity index (χ1n) is 10.9. The zero-order chi connectivity index (χ0) is 24.9. The van der Waals surface area contributed by atoms with Crippen molar-refractivity contribution in [3.63, 3.8) is 0 Å². The van der Waals surface area contributed by atoms with Crippen LogP contribution in [0.25, 0.3) is 11.1 Å². The molecule has 0 fully saturated rings. The van der Waals surface area contributed by atoms with Crippen LogP contribution < -0.4 is 5.46 Å². The molecule has 0 saturated heterocycles. The van der Waals surface area contributed by atoms with Crippen molar-refractivity contribution < 1.29 is 20.3 Å². The Morgan fingerprint density at radius 1 is 0.618 bits per heavy atom. The number of hydrogen-bond acceptors (Lipinski definition) is 4. The molecule has 0 bridgehead atoms. The third-order valence-electron chi connectivity index (χ3n) is 5.35. The van der Waals surface area contributed by atoms with Crippen LogP contribution in [0, 0.1) is 13.8 Å². The first-order valence-corrected chi connectivity index (χ1v) is 11.7. The van der Waals surface area contributed by atoms with Crippen LogP contribution in [0.5, 0.6) is 0 Å². The molecule has 0 radical (unpaired) electrons. The second-order valence-electron chi connectivity index (χ2n) is 7.58. The second-order valence-corrected chi connectivity index (χ2v) is 8.43. The molecule has 0 aromatic heterocycles. The summed E-state index contributed by atoms with van der Waals surface area (Å²) in [7, 11) is -1.34. The normalized spacial score (nSPS) is 9.85. The van der Waals surface area contributed by atoms with E-state index in [0.29, 0.717) is 5.46 Å². The fourth-order valence-corrected chi connectivity index (χ4v) is 3.64. The highest BCUT2D eigenvalue weighted by atomic mass is 79.9. The molecular formula is C28H30BBrO4. The number of halogens is 1. The molecule has 0 atom stereocenters. The fourth-order valence-electron chi connectivity index (χ4n) is 3.23. The summed E-state index contributed by atoms with van der Waals surface area (Å²) in [5, 5.41) is 35.2. The Labute approximate surface area is 210 Å². The summed E-state index contributed by atoms with van der Waals surface area (Å²) >= 11 is 3.38. The van der Waals surface area contributed by atoms with Gasteiger partial charge in [0.25, 0.3) is 0 Å². The first kappa shape index (κ1) is 27.5. The molecule has 0 saturated carbocycles. The third-order valence-corrected chi connectivity index (χ3v) is 6.21. The summed E-state index contributed by atoms with van der Waals surface area (Å²) in [4.78, 5) is 0. The van der Waals surface area contributed by atoms with Crippen LogP contribution in [0.2, 0.25) is 0 Å². The maximum Gasteiger partial charge on any atom is 0.488 e. The van der Waals surface area contributed by atoms with Gasteiger partial charge in [0.15, 0.2) is 0 Å². The minimum Gasteiger partial charge on any atom is -0.423 e. The van der Waals surface area contributed by atoms with Gasteiger partial charge in [-0.05, 0) is 58.8 Å². The minimum atomic E-state index is -1.34. The van der Waals surface area contributed by atoms with E-state index in [9.17, 15) is 5.11 Å². The summed E-state index contributed by atoms with van der Waals surface area (Å²) in [6.07, 6.45) is 0. The van der Waals surface area contributed by atoms with E-state index in [-0.39, 0.29) is 13.2 Å². The molecule has 4 aromatic carbocycles. The standard InChI is InChI=1S/C14H14O.C8H9BrO.C6H7BO2/c1-11-13(10-15)8-5-9-14(11)12-6-3-2-4-7-12;1-6-7(5-10)3-2-4-8(6)9;8-7(9)6-4-2-1-3-5-6/h2-9,15H,10H2,1H3;2-4,10H,5H2,1H3;1-5,8-9H. The molecule has 0 aliphatic heterocycles. The van der Waals surface area contributed by atoms with Crippen LogP contribution in [0.1, 0.15) is 22.3 Å². The van der Waals surface area contributed by atoms with Gasteiger partial charge in [0.1, 0.15) is 0 Å². The smallest absolute Gasteiger partial charge is 0.423 e. The number of aliphatic hydroxyl groups is 2. The topological polar surface area (TPSA) is 80.9 Å². The van der Waals surface area contributed by atoms with E-state index in [2.05, 4.69) is 34.1 Å². The van der Waals surface area contributed by atoms with Crippen LogP contribution in [-0.2, 0) is 13.2 Å². The van der Waals surface area contributed by atoms with Crippen molar-refractivity contribution in [3.8, 4) is 11.1 Å². The molecule has 0 spiro atoms. The molecule has 0 heterocycles. The van der Waals surface area contributed by atoms with Gasteiger partial charge in [0.05, 0.1) is 13.2 Å². The van der Waals surface area contributed by atoms with Crippen LogP contribution in [0.3, 0.4) is 0 Å². The second kappa shape index (κ2) is 14.5. The zero-order valence-electron chi connectivity index (χ0n) is 19.4. The van der Waals surface area contributed by atoms with Crippen LogP contribution in [0.15, 0.2) is 102 Å². The van der Waals surface area contributed by atoms with Crippen LogP contribution in [0.4, 0.5) is 0 Å². The van der Waals surface area contributed by atoms with E-state index in [1.807, 2.05) is 68.4 Å². The molecule has 0 unspecified atom stereocenters. The molecule has 4 N–H and O–H groups in total. The highest BCUT2D eigenvalue weighted by molar-refractivity contribution is 9.10. The number of rotatable bonds is 4. The summed E-state index contributed by atoms with van der Waals surface area (Å²) < 4.78 is 1.05. The molecule has 6 heteroatoms. The SMILES string of the molecule is Cc1c(Br)cccc1CO.Cc1c(CO)cccc1-c1ccccc1.OB(O)c1ccccc1. The Morgan fingerprint density at radius 2 is 1.12 bits per heavy atom. The van der Waals surface area contributed by atoms with Crippen molar-refractivity contribution in [2.75, 3.05) is 0 Å². The Hall–Kier alpha value is -2.74. The molecule has 4 rings (SSSR count). The van der Waals surface area contributed by atoms with Crippen molar-refractivity contribution >= 4 is 28.5 Å². The Bertz CT molecular complexity index is 1140. The number of hydrogen-bond donors (Lipinski definition) is 4. The largest absolute Gasteiger partial charge is 0.488 e. The third kappa shape index (κ3) is 8.24. The van der Waals surface area contributed by atoms with Crippen molar-refractivity contribution in [1.29, 1.82) is 0 Å². The lowest BCUT2D eigenvalue weighted by Crippen LogP contribution is -2.29. The Balaban J connectivity index is 0.000000189. The summed E-state index contributed by atoms with van der Waals surface area (Å²) in [5.41, 5.74) is 7.17. The van der Waals surface area contributed by atoms with E-state index >= 15 is 0 Å². The van der Waals surface area contributed by atoms with E-state index in [1.165, 1.54) is 11.1 Å². The van der Waals surface area contributed by atoms with Crippen molar-refractivity contribution in [2.45, 2.75) is 27.1 Å². The zero-order valence-corrected chi connectivity index (χ0v) is 21.0. The molecule has 176 valence electrons. The molecular weight excluding hydrogens is 491 g/mol. The lowest BCUT2D eigenvalue weighted by Gasteiger charge is -2.09. The van der Waals surface area contributed by atoms with Gasteiger partial charge in [-0.1, -0.05) is 107 Å². The summed E-state index contributed by atoms with van der Waals surface area (Å²) in [6, 6.07) is 30.7. The van der Waals surface area contributed by atoms with E-state index in [0.717, 1.165) is 26.7 Å². The summed E-state index contributed by atoms with van der Waals surface area (Å²) in [5.74, 6) is 0. The Kier molecular flexibility index (Phi) is 11.7. The molecule has 0 aliphatic carbocycles. The van der Waals surface area contributed by atoms with Gasteiger partial charge in [0, 0.05) is 4.47 Å².